The average molecular weight is 250 g/mol. The zero-order chi connectivity index (χ0) is 13.1. The van der Waals surface area contributed by atoms with Crippen LogP contribution in [-0.4, -0.2) is 35.5 Å². The van der Waals surface area contributed by atoms with Gasteiger partial charge in [0, 0.05) is 18.3 Å². The summed E-state index contributed by atoms with van der Waals surface area (Å²) in [6, 6.07) is 4.51. The van der Waals surface area contributed by atoms with Gasteiger partial charge in [-0.1, -0.05) is 0 Å². The number of benzene rings is 1. The summed E-state index contributed by atoms with van der Waals surface area (Å²) in [5.41, 5.74) is 0.633. The van der Waals surface area contributed by atoms with Crippen molar-refractivity contribution in [2.45, 2.75) is 18.9 Å². The smallest absolute Gasteiger partial charge is 0.280 e. The van der Waals surface area contributed by atoms with Gasteiger partial charge in [0.25, 0.3) is 5.69 Å². The number of hydrogen-bond donors (Lipinski definition) is 1. The maximum absolute atomic E-state index is 10.9. The first kappa shape index (κ1) is 12.5. The number of aliphatic hydroxyl groups is 1. The van der Waals surface area contributed by atoms with E-state index in [4.69, 9.17) is 0 Å². The number of carbonyl (C=O) groups excluding carboxylic acids is 1. The SMILES string of the molecule is O=Cc1cc(N2CCCC2CO)ccc1[N+](=O)[O-]. The van der Waals surface area contributed by atoms with E-state index >= 15 is 0 Å². The van der Waals surface area contributed by atoms with Crippen molar-refractivity contribution in [1.29, 1.82) is 0 Å². The molecule has 6 heteroatoms. The zero-order valence-electron chi connectivity index (χ0n) is 9.78. The van der Waals surface area contributed by atoms with Crippen LogP contribution in [0.3, 0.4) is 0 Å². The first-order valence-electron chi connectivity index (χ1n) is 5.78. The van der Waals surface area contributed by atoms with Gasteiger partial charge >= 0.3 is 0 Å². The van der Waals surface area contributed by atoms with E-state index in [1.54, 1.807) is 6.07 Å². The molecule has 1 aromatic rings. The van der Waals surface area contributed by atoms with E-state index in [0.717, 1.165) is 25.1 Å². The predicted molar refractivity (Wildman–Crippen MR) is 65.9 cm³/mol. The molecule has 1 heterocycles. The number of aliphatic hydroxyl groups excluding tert-OH is 1. The first-order valence-corrected chi connectivity index (χ1v) is 5.78. The highest BCUT2D eigenvalue weighted by atomic mass is 16.6. The minimum Gasteiger partial charge on any atom is -0.394 e. The van der Waals surface area contributed by atoms with Crippen molar-refractivity contribution in [1.82, 2.24) is 0 Å². The summed E-state index contributed by atoms with van der Waals surface area (Å²) >= 11 is 0. The minimum absolute atomic E-state index is 0.0333. The third-order valence-electron chi connectivity index (χ3n) is 3.25. The number of anilines is 1. The van der Waals surface area contributed by atoms with Crippen LogP contribution in [0.1, 0.15) is 23.2 Å². The van der Waals surface area contributed by atoms with Crippen LogP contribution in [-0.2, 0) is 0 Å². The van der Waals surface area contributed by atoms with Crippen molar-refractivity contribution in [2.75, 3.05) is 18.1 Å². The number of carbonyl (C=O) groups is 1. The molecule has 1 saturated heterocycles. The first-order chi connectivity index (χ1) is 8.67. The molecule has 0 radical (unpaired) electrons. The summed E-state index contributed by atoms with van der Waals surface area (Å²) in [6.07, 6.45) is 2.36. The molecule has 0 aromatic heterocycles. The van der Waals surface area contributed by atoms with Gasteiger partial charge in [0.05, 0.1) is 23.1 Å². The predicted octanol–water partition coefficient (Wildman–Crippen LogP) is 1.37. The second kappa shape index (κ2) is 5.14. The lowest BCUT2D eigenvalue weighted by atomic mass is 10.1. The van der Waals surface area contributed by atoms with Gasteiger partial charge in [0.15, 0.2) is 6.29 Å². The van der Waals surface area contributed by atoms with Crippen LogP contribution in [0.4, 0.5) is 11.4 Å². The Balaban J connectivity index is 2.35. The summed E-state index contributed by atoms with van der Waals surface area (Å²) in [7, 11) is 0. The second-order valence-corrected chi connectivity index (χ2v) is 4.29. The number of nitro benzene ring substituents is 1. The molecule has 96 valence electrons. The van der Waals surface area contributed by atoms with E-state index in [2.05, 4.69) is 0 Å². The highest BCUT2D eigenvalue weighted by Crippen LogP contribution is 2.29. The Bertz CT molecular complexity index is 475. The Labute approximate surface area is 104 Å². The number of nitro groups is 1. The van der Waals surface area contributed by atoms with Crippen LogP contribution in [0.25, 0.3) is 0 Å². The fourth-order valence-electron chi connectivity index (χ4n) is 2.35. The lowest BCUT2D eigenvalue weighted by Crippen LogP contribution is -2.32. The Morgan fingerprint density at radius 2 is 2.33 bits per heavy atom. The van der Waals surface area contributed by atoms with Crippen LogP contribution in [0.5, 0.6) is 0 Å². The fraction of sp³-hybridized carbons (Fsp3) is 0.417. The summed E-state index contributed by atoms with van der Waals surface area (Å²) in [5, 5.41) is 20.0. The molecule has 2 rings (SSSR count). The van der Waals surface area contributed by atoms with Crippen LogP contribution in [0.2, 0.25) is 0 Å². The van der Waals surface area contributed by atoms with E-state index in [1.165, 1.54) is 12.1 Å². The Morgan fingerprint density at radius 1 is 1.56 bits per heavy atom. The molecule has 1 unspecified atom stereocenters. The Morgan fingerprint density at radius 3 is 2.94 bits per heavy atom. The average Bonchev–Trinajstić information content (AvgIpc) is 2.86. The van der Waals surface area contributed by atoms with Gasteiger partial charge in [-0.2, -0.15) is 0 Å². The van der Waals surface area contributed by atoms with Gasteiger partial charge in [0.2, 0.25) is 0 Å². The summed E-state index contributed by atoms with van der Waals surface area (Å²) in [4.78, 5) is 23.0. The Kier molecular flexibility index (Phi) is 3.57. The lowest BCUT2D eigenvalue weighted by molar-refractivity contribution is -0.385. The molecule has 1 fully saturated rings. The summed E-state index contributed by atoms with van der Waals surface area (Å²) in [5.74, 6) is 0. The highest BCUT2D eigenvalue weighted by Gasteiger charge is 2.25. The molecule has 1 atom stereocenters. The molecule has 1 N–H and O–H groups in total. The number of aldehydes is 1. The standard InChI is InChI=1S/C12H14N2O4/c15-7-9-6-10(3-4-12(9)14(17)18)13-5-1-2-11(13)8-16/h3-4,6-7,11,16H,1-2,5,8H2. The van der Waals surface area contributed by atoms with Gasteiger partial charge in [-0.25, -0.2) is 0 Å². The molecule has 1 aliphatic heterocycles. The van der Waals surface area contributed by atoms with Crippen molar-refractivity contribution in [2.24, 2.45) is 0 Å². The van der Waals surface area contributed by atoms with Gasteiger partial charge in [-0.15, -0.1) is 0 Å². The van der Waals surface area contributed by atoms with Crippen LogP contribution in [0, 0.1) is 10.1 Å². The molecule has 0 saturated carbocycles. The molecule has 0 aliphatic carbocycles. The molecular formula is C12H14N2O4. The van der Waals surface area contributed by atoms with Crippen molar-refractivity contribution < 1.29 is 14.8 Å². The van der Waals surface area contributed by atoms with E-state index < -0.39 is 4.92 Å². The largest absolute Gasteiger partial charge is 0.394 e. The molecular weight excluding hydrogens is 236 g/mol. The highest BCUT2D eigenvalue weighted by molar-refractivity contribution is 5.83. The third-order valence-corrected chi connectivity index (χ3v) is 3.25. The third kappa shape index (κ3) is 2.19. The van der Waals surface area contributed by atoms with Crippen molar-refractivity contribution in [3.63, 3.8) is 0 Å². The number of hydrogen-bond acceptors (Lipinski definition) is 5. The summed E-state index contributed by atoms with van der Waals surface area (Å²) < 4.78 is 0. The minimum atomic E-state index is -0.568. The molecule has 0 amide bonds. The van der Waals surface area contributed by atoms with E-state index in [0.29, 0.717) is 6.29 Å². The molecule has 1 aliphatic rings. The van der Waals surface area contributed by atoms with Gasteiger partial charge in [-0.05, 0) is 25.0 Å². The second-order valence-electron chi connectivity index (χ2n) is 4.29. The maximum Gasteiger partial charge on any atom is 0.280 e. The van der Waals surface area contributed by atoms with E-state index in [1.807, 2.05) is 4.90 Å². The van der Waals surface area contributed by atoms with Crippen molar-refractivity contribution in [3.8, 4) is 0 Å². The van der Waals surface area contributed by atoms with E-state index in [-0.39, 0.29) is 23.9 Å². The lowest BCUT2D eigenvalue weighted by Gasteiger charge is -2.25. The Hall–Kier alpha value is -1.95. The quantitative estimate of drug-likeness (QED) is 0.495. The molecule has 6 nitrogen and oxygen atoms in total. The van der Waals surface area contributed by atoms with E-state index in [9.17, 15) is 20.0 Å². The van der Waals surface area contributed by atoms with Crippen LogP contribution < -0.4 is 4.90 Å². The van der Waals surface area contributed by atoms with Crippen molar-refractivity contribution >= 4 is 17.7 Å². The summed E-state index contributed by atoms with van der Waals surface area (Å²) in [6.45, 7) is 0.842. The molecule has 0 bridgehead atoms. The van der Waals surface area contributed by atoms with Gasteiger partial charge < -0.3 is 10.0 Å². The maximum atomic E-state index is 10.9. The van der Waals surface area contributed by atoms with Crippen LogP contribution >= 0.6 is 0 Å². The van der Waals surface area contributed by atoms with Crippen molar-refractivity contribution in [3.05, 3.63) is 33.9 Å². The van der Waals surface area contributed by atoms with Gasteiger partial charge in [-0.3, -0.25) is 14.9 Å². The number of nitrogens with zero attached hydrogens (tertiary/aromatic N) is 2. The van der Waals surface area contributed by atoms with Gasteiger partial charge in [0.1, 0.15) is 0 Å². The molecule has 0 spiro atoms. The number of rotatable bonds is 4. The topological polar surface area (TPSA) is 83.7 Å². The van der Waals surface area contributed by atoms with Crippen LogP contribution in [0.15, 0.2) is 18.2 Å². The normalized spacial score (nSPS) is 18.9. The fourth-order valence-corrected chi connectivity index (χ4v) is 2.35. The zero-order valence-corrected chi connectivity index (χ0v) is 9.78. The molecule has 1 aromatic carbocycles. The monoisotopic (exact) mass is 250 g/mol. The molecule has 18 heavy (non-hydrogen) atoms.